The number of nitrogens with one attached hydrogen (secondary N) is 2. The van der Waals surface area contributed by atoms with E-state index in [0.717, 1.165) is 16.6 Å². The van der Waals surface area contributed by atoms with E-state index in [1.165, 1.54) is 25.4 Å². The molecule has 184 valence electrons. The van der Waals surface area contributed by atoms with Gasteiger partial charge >= 0.3 is 5.97 Å². The number of aromatic carboxylic acids is 1. The summed E-state index contributed by atoms with van der Waals surface area (Å²) in [4.78, 5) is 32.3. The van der Waals surface area contributed by atoms with Crippen molar-refractivity contribution in [3.8, 4) is 0 Å². The number of carbonyl (C=O) groups excluding carboxylic acids is 1. The number of ketones is 1. The highest BCUT2D eigenvalue weighted by Gasteiger charge is 2.21. The molecule has 3 N–H and O–H groups in total. The normalized spacial score (nSPS) is 11.3. The predicted octanol–water partition coefficient (Wildman–Crippen LogP) is 4.04. The molecule has 3 aromatic rings. The van der Waals surface area contributed by atoms with E-state index in [9.17, 15) is 22.4 Å². The van der Waals surface area contributed by atoms with Crippen molar-refractivity contribution in [1.29, 1.82) is 0 Å². The second-order valence-electron chi connectivity index (χ2n) is 7.97. The molecule has 0 fully saturated rings. The molecule has 0 amide bonds. The van der Waals surface area contributed by atoms with Gasteiger partial charge in [-0.05, 0) is 30.3 Å². The topological polar surface area (TPSA) is 142 Å². The molecule has 1 heterocycles. The summed E-state index contributed by atoms with van der Waals surface area (Å²) in [6, 6.07) is 9.88. The van der Waals surface area contributed by atoms with Crippen LogP contribution in [0.2, 0.25) is 0 Å². The van der Waals surface area contributed by atoms with Gasteiger partial charge in [0, 0.05) is 19.2 Å². The monoisotopic (exact) mass is 501 g/mol. The minimum atomic E-state index is -3.58. The number of carbonyl (C=O) groups is 2. The smallest absolute Gasteiger partial charge is 0.335 e. The quantitative estimate of drug-likeness (QED) is 0.370. The van der Waals surface area contributed by atoms with Gasteiger partial charge in [-0.1, -0.05) is 26.0 Å². The van der Waals surface area contributed by atoms with Crippen LogP contribution in [0.4, 0.5) is 33.2 Å². The molecule has 0 radical (unpaired) electrons. The van der Waals surface area contributed by atoms with Crippen LogP contribution in [0.5, 0.6) is 0 Å². The van der Waals surface area contributed by atoms with Crippen LogP contribution in [0.15, 0.2) is 48.7 Å². The molecule has 3 rings (SSSR count). The van der Waals surface area contributed by atoms with E-state index in [4.69, 9.17) is 5.11 Å². The zero-order valence-electron chi connectivity index (χ0n) is 19.4. The Morgan fingerprint density at radius 3 is 2.37 bits per heavy atom. The largest absolute Gasteiger partial charge is 0.478 e. The number of sulfonamides is 1. The maximum Gasteiger partial charge on any atom is 0.335 e. The number of benzene rings is 2. The molecular weight excluding hydrogens is 477 g/mol. The predicted molar refractivity (Wildman–Crippen MR) is 131 cm³/mol. The highest BCUT2D eigenvalue weighted by Crippen LogP contribution is 2.31. The van der Waals surface area contributed by atoms with Crippen molar-refractivity contribution in [2.75, 3.05) is 28.2 Å². The molecule has 0 saturated carbocycles. The van der Waals surface area contributed by atoms with Crippen molar-refractivity contribution < 1.29 is 27.5 Å². The molecule has 0 aliphatic carbocycles. The molecule has 0 unspecified atom stereocenters. The van der Waals surface area contributed by atoms with Gasteiger partial charge in [-0.25, -0.2) is 22.6 Å². The summed E-state index contributed by atoms with van der Waals surface area (Å²) >= 11 is 0. The van der Waals surface area contributed by atoms with Crippen molar-refractivity contribution >= 4 is 50.6 Å². The Balaban J connectivity index is 2.05. The van der Waals surface area contributed by atoms with Crippen LogP contribution in [0.1, 0.15) is 34.6 Å². The number of halogens is 1. The summed E-state index contributed by atoms with van der Waals surface area (Å²) in [6.07, 6.45) is 2.35. The van der Waals surface area contributed by atoms with E-state index in [1.807, 2.05) is 0 Å². The van der Waals surface area contributed by atoms with Gasteiger partial charge in [-0.3, -0.25) is 9.10 Å². The lowest BCUT2D eigenvalue weighted by Crippen LogP contribution is -2.25. The number of para-hydroxylation sites is 2. The zero-order valence-corrected chi connectivity index (χ0v) is 20.2. The lowest BCUT2D eigenvalue weighted by atomic mass is 10.0. The fourth-order valence-corrected chi connectivity index (χ4v) is 3.58. The van der Waals surface area contributed by atoms with E-state index in [2.05, 4.69) is 20.6 Å². The third-order valence-corrected chi connectivity index (χ3v) is 6.23. The fourth-order valence-electron chi connectivity index (χ4n) is 3.06. The Morgan fingerprint density at radius 1 is 1.09 bits per heavy atom. The number of rotatable bonds is 9. The second-order valence-corrected chi connectivity index (χ2v) is 9.99. The summed E-state index contributed by atoms with van der Waals surface area (Å²) in [7, 11) is -2.18. The molecular formula is C23H24FN5O5S. The van der Waals surface area contributed by atoms with Crippen molar-refractivity contribution in [3.05, 3.63) is 65.6 Å². The summed E-state index contributed by atoms with van der Waals surface area (Å²) in [5, 5.41) is 14.7. The van der Waals surface area contributed by atoms with Crippen LogP contribution in [0.25, 0.3) is 0 Å². The van der Waals surface area contributed by atoms with Crippen molar-refractivity contribution in [2.45, 2.75) is 13.8 Å². The molecule has 0 aliphatic heterocycles. The molecule has 0 aliphatic rings. The number of hydrogen-bond donors (Lipinski definition) is 3. The summed E-state index contributed by atoms with van der Waals surface area (Å²) in [5.41, 5.74) is 0.548. The van der Waals surface area contributed by atoms with Crippen LogP contribution in [-0.2, 0) is 10.0 Å². The van der Waals surface area contributed by atoms with E-state index >= 15 is 0 Å². The second kappa shape index (κ2) is 10.1. The molecule has 12 heteroatoms. The number of hydrogen-bond acceptors (Lipinski definition) is 8. The number of anilines is 5. The summed E-state index contributed by atoms with van der Waals surface area (Å²) < 4.78 is 39.7. The lowest BCUT2D eigenvalue weighted by Gasteiger charge is -2.21. The van der Waals surface area contributed by atoms with E-state index in [1.54, 1.807) is 38.1 Å². The maximum atomic E-state index is 14.4. The third-order valence-electron chi connectivity index (χ3n) is 5.03. The first-order valence-corrected chi connectivity index (χ1v) is 12.2. The Bertz CT molecular complexity index is 1390. The Labute approximate surface area is 201 Å². The number of aromatic nitrogens is 2. The molecule has 10 nitrogen and oxygen atoms in total. The fraction of sp³-hybridized carbons (Fsp3) is 0.217. The molecule has 1 aromatic heterocycles. The van der Waals surface area contributed by atoms with Crippen molar-refractivity contribution in [1.82, 2.24) is 9.97 Å². The first-order chi connectivity index (χ1) is 16.4. The molecule has 35 heavy (non-hydrogen) atoms. The first kappa shape index (κ1) is 25.6. The van der Waals surface area contributed by atoms with Gasteiger partial charge in [-0.15, -0.1) is 0 Å². The first-order valence-electron chi connectivity index (χ1n) is 10.4. The lowest BCUT2D eigenvalue weighted by molar-refractivity contribution is 0.0696. The molecule has 0 saturated heterocycles. The van der Waals surface area contributed by atoms with Crippen LogP contribution < -0.4 is 14.9 Å². The van der Waals surface area contributed by atoms with Gasteiger partial charge < -0.3 is 15.7 Å². The summed E-state index contributed by atoms with van der Waals surface area (Å²) in [5.74, 6) is -2.72. The van der Waals surface area contributed by atoms with Crippen LogP contribution >= 0.6 is 0 Å². The van der Waals surface area contributed by atoms with Gasteiger partial charge in [0.2, 0.25) is 16.0 Å². The maximum absolute atomic E-state index is 14.4. The van der Waals surface area contributed by atoms with Crippen molar-refractivity contribution in [2.24, 2.45) is 5.92 Å². The number of nitrogens with zero attached hydrogens (tertiary/aromatic N) is 3. The minimum absolute atomic E-state index is 0.0660. The van der Waals surface area contributed by atoms with Crippen LogP contribution in [0, 0.1) is 11.7 Å². The highest BCUT2D eigenvalue weighted by molar-refractivity contribution is 7.92. The Morgan fingerprint density at radius 2 is 1.77 bits per heavy atom. The van der Waals surface area contributed by atoms with Crippen LogP contribution in [-0.4, -0.2) is 48.5 Å². The molecule has 0 atom stereocenters. The number of carboxylic acid groups (broad SMARTS) is 1. The van der Waals surface area contributed by atoms with E-state index in [-0.39, 0.29) is 40.3 Å². The molecule has 0 bridgehead atoms. The third kappa shape index (κ3) is 5.90. The number of carboxylic acids is 1. The van der Waals surface area contributed by atoms with Crippen LogP contribution in [0.3, 0.4) is 0 Å². The van der Waals surface area contributed by atoms with E-state index in [0.29, 0.717) is 11.4 Å². The minimum Gasteiger partial charge on any atom is -0.478 e. The van der Waals surface area contributed by atoms with Gasteiger partial charge in [0.1, 0.15) is 11.6 Å². The Kier molecular flexibility index (Phi) is 7.34. The number of Topliss-reactive ketones (excluding diaryl/α,β-unsaturated/α-hetero) is 1. The molecule has 2 aromatic carbocycles. The average Bonchev–Trinajstić information content (AvgIpc) is 2.79. The zero-order chi connectivity index (χ0) is 25.9. The summed E-state index contributed by atoms with van der Waals surface area (Å²) in [6.45, 7) is 3.42. The van der Waals surface area contributed by atoms with Gasteiger partial charge in [0.05, 0.1) is 34.4 Å². The standard InChI is InChI=1S/C23H24FN5O5S/c1-13(2)20(30)15-12-25-23(27-17-10-9-14(22(31)32)11-16(17)24)28-21(15)26-18-7-5-6-8-19(18)29(3)35(4,33)34/h5-13H,1-4H3,(H,31,32)(H2,25,26,27,28). The van der Waals surface area contributed by atoms with Gasteiger partial charge in [-0.2, -0.15) is 4.98 Å². The Hall–Kier alpha value is -4.06. The van der Waals surface area contributed by atoms with Crippen molar-refractivity contribution in [3.63, 3.8) is 0 Å². The average molecular weight is 502 g/mol. The van der Waals surface area contributed by atoms with E-state index < -0.39 is 21.8 Å². The SMILES string of the molecule is CC(C)C(=O)c1cnc(Nc2ccc(C(=O)O)cc2F)nc1Nc1ccccc1N(C)S(C)(=O)=O. The molecule has 0 spiro atoms. The van der Waals surface area contributed by atoms with Gasteiger partial charge in [0.25, 0.3) is 0 Å². The highest BCUT2D eigenvalue weighted by atomic mass is 32.2. The van der Waals surface area contributed by atoms with Gasteiger partial charge in [0.15, 0.2) is 5.78 Å².